The first kappa shape index (κ1) is 21.1. The normalized spacial score (nSPS) is 15.8. The predicted octanol–water partition coefficient (Wildman–Crippen LogP) is 0.454. The van der Waals surface area contributed by atoms with Crippen molar-refractivity contribution in [3.8, 4) is 0 Å². The summed E-state index contributed by atoms with van der Waals surface area (Å²) in [6, 6.07) is 11.4. The molecular weight excluding hydrogens is 424 g/mol. The third kappa shape index (κ3) is 4.57. The molecule has 0 saturated carbocycles. The van der Waals surface area contributed by atoms with Gasteiger partial charge in [-0.2, -0.15) is 0 Å². The van der Waals surface area contributed by atoms with Gasteiger partial charge < -0.3 is 19.9 Å². The first-order valence-electron chi connectivity index (χ1n) is 10.9. The summed E-state index contributed by atoms with van der Waals surface area (Å²) in [5.74, 6) is 0. The SMILES string of the molecule is O=c1[nH]c2ccc(CN3CCCN(Cc4ccc5[nH]c(=O)c(=O)[nH]c5c4)CC3)cc2[nH]c1=O. The Morgan fingerprint density at radius 1 is 0.545 bits per heavy atom. The number of fused-ring (bicyclic) bond motifs is 2. The third-order valence-electron chi connectivity index (χ3n) is 6.07. The number of nitrogens with zero attached hydrogens (tertiary/aromatic N) is 2. The fraction of sp³-hybridized carbons (Fsp3) is 0.304. The van der Waals surface area contributed by atoms with Gasteiger partial charge in [0.15, 0.2) is 0 Å². The number of hydrogen-bond donors (Lipinski definition) is 4. The van der Waals surface area contributed by atoms with Gasteiger partial charge in [-0.15, -0.1) is 0 Å². The Balaban J connectivity index is 1.25. The van der Waals surface area contributed by atoms with Crippen LogP contribution in [-0.2, 0) is 13.1 Å². The number of rotatable bonds is 4. The second-order valence-electron chi connectivity index (χ2n) is 8.48. The Hall–Kier alpha value is -3.76. The highest BCUT2D eigenvalue weighted by molar-refractivity contribution is 5.75. The van der Waals surface area contributed by atoms with Crippen molar-refractivity contribution in [2.24, 2.45) is 0 Å². The van der Waals surface area contributed by atoms with Crippen LogP contribution in [0.25, 0.3) is 22.1 Å². The van der Waals surface area contributed by atoms with Gasteiger partial charge in [0.1, 0.15) is 0 Å². The van der Waals surface area contributed by atoms with Gasteiger partial charge in [0.05, 0.1) is 22.1 Å². The van der Waals surface area contributed by atoms with E-state index in [-0.39, 0.29) is 0 Å². The minimum atomic E-state index is -0.645. The van der Waals surface area contributed by atoms with E-state index in [1.165, 1.54) is 0 Å². The quantitative estimate of drug-likeness (QED) is 0.335. The average molecular weight is 448 g/mol. The Morgan fingerprint density at radius 3 is 1.36 bits per heavy atom. The van der Waals surface area contributed by atoms with Crippen molar-refractivity contribution in [1.29, 1.82) is 0 Å². The zero-order chi connectivity index (χ0) is 22.9. The van der Waals surface area contributed by atoms with Gasteiger partial charge in [-0.1, -0.05) is 12.1 Å². The maximum Gasteiger partial charge on any atom is 0.314 e. The summed E-state index contributed by atoms with van der Waals surface area (Å²) in [6.07, 6.45) is 1.02. The first-order valence-corrected chi connectivity index (χ1v) is 10.9. The van der Waals surface area contributed by atoms with Gasteiger partial charge in [0.25, 0.3) is 0 Å². The van der Waals surface area contributed by atoms with Crippen LogP contribution >= 0.6 is 0 Å². The van der Waals surface area contributed by atoms with E-state index in [9.17, 15) is 19.2 Å². The standard InChI is InChI=1S/C23H24N6O4/c30-20-22(32)26-18-10-14(2-4-16(18)24-20)12-28-6-1-7-29(9-8-28)13-15-3-5-17-19(11-15)27-23(33)21(31)25-17/h2-5,10-11H,1,6-9,12-13H2,(H,24,30)(H,25,31)(H,26,32)(H,27,33). The molecule has 0 spiro atoms. The zero-order valence-corrected chi connectivity index (χ0v) is 17.9. The van der Waals surface area contributed by atoms with Gasteiger partial charge in [-0.3, -0.25) is 29.0 Å². The number of benzene rings is 2. The van der Waals surface area contributed by atoms with E-state index in [1.807, 2.05) is 36.4 Å². The number of hydrogen-bond acceptors (Lipinski definition) is 6. The predicted molar refractivity (Wildman–Crippen MR) is 126 cm³/mol. The molecule has 3 heterocycles. The number of aromatic nitrogens is 4. The molecule has 0 unspecified atom stereocenters. The Bertz CT molecular complexity index is 1450. The summed E-state index contributed by atoms with van der Waals surface area (Å²) in [5, 5.41) is 0. The van der Waals surface area contributed by atoms with E-state index in [2.05, 4.69) is 29.7 Å². The Labute approximate surface area is 186 Å². The highest BCUT2D eigenvalue weighted by Crippen LogP contribution is 2.16. The molecule has 1 fully saturated rings. The van der Waals surface area contributed by atoms with Crippen LogP contribution in [0.2, 0.25) is 0 Å². The summed E-state index contributed by atoms with van der Waals surface area (Å²) in [7, 11) is 0. The van der Waals surface area contributed by atoms with Crippen molar-refractivity contribution in [3.63, 3.8) is 0 Å². The zero-order valence-electron chi connectivity index (χ0n) is 17.9. The molecule has 0 bridgehead atoms. The lowest BCUT2D eigenvalue weighted by Gasteiger charge is -2.22. The smallest absolute Gasteiger partial charge is 0.314 e. The van der Waals surface area contributed by atoms with Crippen LogP contribution in [0.5, 0.6) is 0 Å². The van der Waals surface area contributed by atoms with Crippen molar-refractivity contribution in [1.82, 2.24) is 29.7 Å². The Kier molecular flexibility index (Phi) is 5.53. The van der Waals surface area contributed by atoms with Crippen molar-refractivity contribution in [3.05, 3.63) is 88.9 Å². The van der Waals surface area contributed by atoms with Crippen molar-refractivity contribution < 1.29 is 0 Å². The van der Waals surface area contributed by atoms with E-state index in [0.717, 1.165) is 56.8 Å². The maximum atomic E-state index is 11.6. The summed E-state index contributed by atoms with van der Waals surface area (Å²) in [5.41, 5.74) is 2.06. The first-order chi connectivity index (χ1) is 15.9. The minimum Gasteiger partial charge on any atom is -0.316 e. The van der Waals surface area contributed by atoms with Gasteiger partial charge in [-0.05, 0) is 54.9 Å². The largest absolute Gasteiger partial charge is 0.316 e. The summed E-state index contributed by atoms with van der Waals surface area (Å²) < 4.78 is 0. The molecule has 4 N–H and O–H groups in total. The molecule has 170 valence electrons. The molecule has 1 saturated heterocycles. The maximum absolute atomic E-state index is 11.6. The van der Waals surface area contributed by atoms with E-state index in [4.69, 9.17) is 0 Å². The van der Waals surface area contributed by atoms with Crippen LogP contribution in [0.1, 0.15) is 17.5 Å². The molecule has 33 heavy (non-hydrogen) atoms. The molecule has 0 radical (unpaired) electrons. The molecule has 2 aromatic carbocycles. The molecule has 4 aromatic rings. The molecule has 10 heteroatoms. The number of nitrogens with one attached hydrogen (secondary N) is 4. The van der Waals surface area contributed by atoms with Crippen LogP contribution < -0.4 is 22.2 Å². The minimum absolute atomic E-state index is 0.617. The summed E-state index contributed by atoms with van der Waals surface area (Å²) in [6.45, 7) is 5.24. The molecule has 1 aliphatic heterocycles. The fourth-order valence-corrected chi connectivity index (χ4v) is 4.38. The van der Waals surface area contributed by atoms with Crippen molar-refractivity contribution >= 4 is 22.1 Å². The molecule has 0 amide bonds. The molecule has 2 aromatic heterocycles. The number of aromatic amines is 4. The Morgan fingerprint density at radius 2 is 0.939 bits per heavy atom. The fourth-order valence-electron chi connectivity index (χ4n) is 4.38. The van der Waals surface area contributed by atoms with E-state index in [0.29, 0.717) is 22.1 Å². The van der Waals surface area contributed by atoms with Crippen LogP contribution in [0.4, 0.5) is 0 Å². The topological polar surface area (TPSA) is 138 Å². The van der Waals surface area contributed by atoms with Gasteiger partial charge >= 0.3 is 22.2 Å². The lowest BCUT2D eigenvalue weighted by atomic mass is 10.1. The second kappa shape index (κ2) is 8.64. The second-order valence-corrected chi connectivity index (χ2v) is 8.48. The third-order valence-corrected chi connectivity index (χ3v) is 6.07. The molecule has 10 nitrogen and oxygen atoms in total. The van der Waals surface area contributed by atoms with Crippen molar-refractivity contribution in [2.45, 2.75) is 19.5 Å². The molecule has 1 aliphatic rings. The average Bonchev–Trinajstić information content (AvgIpc) is 3.01. The van der Waals surface area contributed by atoms with E-state index >= 15 is 0 Å². The van der Waals surface area contributed by atoms with Crippen LogP contribution in [-0.4, -0.2) is 55.9 Å². The van der Waals surface area contributed by atoms with E-state index in [1.54, 1.807) is 0 Å². The lowest BCUT2D eigenvalue weighted by molar-refractivity contribution is 0.247. The van der Waals surface area contributed by atoms with Gasteiger partial charge in [-0.25, -0.2) is 0 Å². The summed E-state index contributed by atoms with van der Waals surface area (Å²) >= 11 is 0. The highest BCUT2D eigenvalue weighted by atomic mass is 16.2. The van der Waals surface area contributed by atoms with Crippen molar-refractivity contribution in [2.75, 3.05) is 26.2 Å². The number of H-pyrrole nitrogens is 4. The lowest BCUT2D eigenvalue weighted by Crippen LogP contribution is -2.31. The highest BCUT2D eigenvalue weighted by Gasteiger charge is 2.16. The van der Waals surface area contributed by atoms with Crippen LogP contribution in [0.15, 0.2) is 55.6 Å². The monoisotopic (exact) mass is 448 g/mol. The summed E-state index contributed by atoms with van der Waals surface area (Å²) in [4.78, 5) is 61.4. The molecule has 0 aliphatic carbocycles. The van der Waals surface area contributed by atoms with Gasteiger partial charge in [0, 0.05) is 26.2 Å². The van der Waals surface area contributed by atoms with Crippen LogP contribution in [0.3, 0.4) is 0 Å². The van der Waals surface area contributed by atoms with Gasteiger partial charge in [0.2, 0.25) is 0 Å². The molecule has 0 atom stereocenters. The molecule has 5 rings (SSSR count). The van der Waals surface area contributed by atoms with E-state index < -0.39 is 22.2 Å². The molecular formula is C23H24N6O4. The van der Waals surface area contributed by atoms with Crippen LogP contribution in [0, 0.1) is 0 Å².